The maximum absolute atomic E-state index is 3.36. The van der Waals surface area contributed by atoms with Gasteiger partial charge >= 0.3 is 0 Å². The normalized spacial score (nSPS) is 11.4. The molecule has 2 heteroatoms. The summed E-state index contributed by atoms with van der Waals surface area (Å²) in [5.41, 5.74) is 2.58. The van der Waals surface area contributed by atoms with Crippen LogP contribution in [0.4, 0.5) is 0 Å². The lowest BCUT2D eigenvalue weighted by Gasteiger charge is -2.03. The molecule has 1 aromatic carbocycles. The third-order valence-corrected chi connectivity index (χ3v) is 5.84. The van der Waals surface area contributed by atoms with Gasteiger partial charge in [-0.2, -0.15) is 0 Å². The summed E-state index contributed by atoms with van der Waals surface area (Å²) in [6.07, 6.45) is 25.0. The molecule has 0 saturated carbocycles. The molecule has 0 unspecified atom stereocenters. The molecule has 2 rings (SSSR count). The van der Waals surface area contributed by atoms with Gasteiger partial charge in [-0.1, -0.05) is 109 Å². The van der Waals surface area contributed by atoms with Crippen molar-refractivity contribution in [3.8, 4) is 0 Å². The van der Waals surface area contributed by atoms with Crippen LogP contribution < -0.4 is 4.57 Å². The number of rotatable bonds is 17. The minimum atomic E-state index is 1.14. The molecule has 0 bridgehead atoms. The Balaban J connectivity index is 1.33. The Kier molecular flexibility index (Phi) is 12.0. The fraction of sp³-hybridized carbons (Fsp3) is 0.720. The molecule has 1 aromatic heterocycles. The molecule has 27 heavy (non-hydrogen) atoms. The first-order valence-electron chi connectivity index (χ1n) is 11.9. The van der Waals surface area contributed by atoms with Crippen molar-refractivity contribution in [3.05, 3.63) is 30.6 Å². The monoisotopic (exact) mass is 371 g/mol. The molecule has 0 saturated heterocycles. The topological polar surface area (TPSA) is 19.7 Å². The van der Waals surface area contributed by atoms with Gasteiger partial charge in [0.05, 0.1) is 6.54 Å². The van der Waals surface area contributed by atoms with E-state index in [0.29, 0.717) is 0 Å². The van der Waals surface area contributed by atoms with Gasteiger partial charge < -0.3 is 0 Å². The zero-order chi connectivity index (χ0) is 19.0. The van der Waals surface area contributed by atoms with E-state index in [-0.39, 0.29) is 0 Å². The van der Waals surface area contributed by atoms with Gasteiger partial charge in [-0.25, -0.2) is 9.55 Å². The Bertz CT molecular complexity index is 587. The Morgan fingerprint density at radius 1 is 0.630 bits per heavy atom. The van der Waals surface area contributed by atoms with E-state index in [9.17, 15) is 0 Å². The quantitative estimate of drug-likeness (QED) is 0.217. The standard InChI is InChI=1S/C25H42N2/c1-2-3-4-5-6-7-8-9-10-11-12-13-14-15-16-19-22-27-23-26-24-20-17-18-21-25(24)27/h17-18,20-21,23H,2-16,19,22H2,1H3/p+1. The van der Waals surface area contributed by atoms with Gasteiger partial charge in [-0.3, -0.25) is 0 Å². The van der Waals surface area contributed by atoms with E-state index in [1.807, 2.05) is 0 Å². The van der Waals surface area contributed by atoms with Gasteiger partial charge in [0.15, 0.2) is 11.0 Å². The van der Waals surface area contributed by atoms with E-state index in [1.165, 1.54) is 114 Å². The highest BCUT2D eigenvalue weighted by atomic mass is 15.0. The molecule has 0 spiro atoms. The first kappa shape index (κ1) is 22.0. The van der Waals surface area contributed by atoms with E-state index in [2.05, 4.69) is 47.1 Å². The summed E-state index contributed by atoms with van der Waals surface area (Å²) < 4.78 is 2.36. The number of nitrogens with one attached hydrogen (secondary N) is 1. The number of hydrogen-bond acceptors (Lipinski definition) is 0. The number of aromatic amines is 1. The number of para-hydroxylation sites is 2. The number of H-pyrrole nitrogens is 1. The van der Waals surface area contributed by atoms with Gasteiger partial charge in [0.2, 0.25) is 6.33 Å². The highest BCUT2D eigenvalue weighted by Crippen LogP contribution is 2.14. The van der Waals surface area contributed by atoms with Gasteiger partial charge in [0, 0.05) is 0 Å². The predicted octanol–water partition coefficient (Wildman–Crippen LogP) is 7.72. The molecule has 2 aromatic rings. The molecule has 0 aliphatic carbocycles. The molecule has 0 atom stereocenters. The summed E-state index contributed by atoms with van der Waals surface area (Å²) in [4.78, 5) is 3.36. The van der Waals surface area contributed by atoms with Gasteiger partial charge in [0.1, 0.15) is 0 Å². The van der Waals surface area contributed by atoms with Crippen molar-refractivity contribution in [2.24, 2.45) is 0 Å². The molecule has 1 heterocycles. The van der Waals surface area contributed by atoms with Crippen molar-refractivity contribution in [3.63, 3.8) is 0 Å². The largest absolute Gasteiger partial charge is 0.243 e. The van der Waals surface area contributed by atoms with Crippen molar-refractivity contribution in [1.82, 2.24) is 4.98 Å². The van der Waals surface area contributed by atoms with E-state index < -0.39 is 0 Å². The Morgan fingerprint density at radius 2 is 1.11 bits per heavy atom. The maximum Gasteiger partial charge on any atom is 0.242 e. The number of nitrogens with zero attached hydrogens (tertiary/aromatic N) is 1. The fourth-order valence-corrected chi connectivity index (χ4v) is 4.08. The highest BCUT2D eigenvalue weighted by Gasteiger charge is 2.07. The number of hydrogen-bond donors (Lipinski definition) is 1. The minimum absolute atomic E-state index is 1.14. The van der Waals surface area contributed by atoms with Gasteiger partial charge in [0.25, 0.3) is 0 Å². The number of aryl methyl sites for hydroxylation is 1. The smallest absolute Gasteiger partial charge is 0.242 e. The Hall–Kier alpha value is -1.31. The molecule has 152 valence electrons. The number of imidazole rings is 1. The van der Waals surface area contributed by atoms with Gasteiger partial charge in [-0.05, 0) is 25.0 Å². The van der Waals surface area contributed by atoms with Crippen LogP contribution in [0.2, 0.25) is 0 Å². The number of fused-ring (bicyclic) bond motifs is 1. The molecular weight excluding hydrogens is 328 g/mol. The average Bonchev–Trinajstić information content (AvgIpc) is 3.11. The highest BCUT2D eigenvalue weighted by molar-refractivity contribution is 5.70. The summed E-state index contributed by atoms with van der Waals surface area (Å²) in [5, 5.41) is 0. The van der Waals surface area contributed by atoms with Crippen LogP contribution in [0, 0.1) is 0 Å². The van der Waals surface area contributed by atoms with Crippen LogP contribution in [0.5, 0.6) is 0 Å². The van der Waals surface area contributed by atoms with Crippen molar-refractivity contribution in [1.29, 1.82) is 0 Å². The van der Waals surface area contributed by atoms with Crippen molar-refractivity contribution in [2.75, 3.05) is 0 Å². The number of aromatic nitrogens is 2. The SMILES string of the molecule is CCCCCCCCCCCCCCCCCC[n+]1c[nH]c2ccccc21. The summed E-state index contributed by atoms with van der Waals surface area (Å²) in [7, 11) is 0. The van der Waals surface area contributed by atoms with Crippen LogP contribution in [0.1, 0.15) is 110 Å². The van der Waals surface area contributed by atoms with E-state index in [1.54, 1.807) is 0 Å². The summed E-state index contributed by atoms with van der Waals surface area (Å²) in [6, 6.07) is 8.58. The molecule has 0 aliphatic heterocycles. The van der Waals surface area contributed by atoms with E-state index in [0.717, 1.165) is 6.54 Å². The van der Waals surface area contributed by atoms with E-state index >= 15 is 0 Å². The molecule has 0 fully saturated rings. The molecule has 0 amide bonds. The summed E-state index contributed by atoms with van der Waals surface area (Å²) >= 11 is 0. The Morgan fingerprint density at radius 3 is 1.67 bits per heavy atom. The summed E-state index contributed by atoms with van der Waals surface area (Å²) in [6.45, 7) is 3.44. The van der Waals surface area contributed by atoms with Crippen molar-refractivity contribution >= 4 is 11.0 Å². The molecule has 0 radical (unpaired) electrons. The van der Waals surface area contributed by atoms with Crippen molar-refractivity contribution < 1.29 is 4.57 Å². The lowest BCUT2D eigenvalue weighted by atomic mass is 10.0. The predicted molar refractivity (Wildman–Crippen MR) is 118 cm³/mol. The second-order valence-electron chi connectivity index (χ2n) is 8.29. The minimum Gasteiger partial charge on any atom is -0.243 e. The second kappa shape index (κ2) is 14.7. The van der Waals surface area contributed by atoms with Crippen LogP contribution in [-0.2, 0) is 6.54 Å². The van der Waals surface area contributed by atoms with Crippen LogP contribution in [0.15, 0.2) is 30.6 Å². The number of unbranched alkanes of at least 4 members (excludes halogenated alkanes) is 15. The second-order valence-corrected chi connectivity index (χ2v) is 8.29. The third-order valence-electron chi connectivity index (χ3n) is 5.84. The summed E-state index contributed by atoms with van der Waals surface area (Å²) in [5.74, 6) is 0. The van der Waals surface area contributed by atoms with Crippen LogP contribution >= 0.6 is 0 Å². The molecule has 2 nitrogen and oxygen atoms in total. The lowest BCUT2D eigenvalue weighted by molar-refractivity contribution is -0.671. The van der Waals surface area contributed by atoms with Crippen LogP contribution in [-0.4, -0.2) is 4.98 Å². The number of benzene rings is 1. The molecular formula is C25H43N2+. The molecule has 1 N–H and O–H groups in total. The lowest BCUT2D eigenvalue weighted by Crippen LogP contribution is -2.31. The van der Waals surface area contributed by atoms with Crippen LogP contribution in [0.25, 0.3) is 11.0 Å². The zero-order valence-corrected chi connectivity index (χ0v) is 17.9. The van der Waals surface area contributed by atoms with E-state index in [4.69, 9.17) is 0 Å². The third kappa shape index (κ3) is 9.44. The zero-order valence-electron chi connectivity index (χ0n) is 17.9. The van der Waals surface area contributed by atoms with Crippen LogP contribution in [0.3, 0.4) is 0 Å². The Labute approximate surface area is 167 Å². The van der Waals surface area contributed by atoms with Crippen molar-refractivity contribution in [2.45, 2.75) is 116 Å². The first-order valence-corrected chi connectivity index (χ1v) is 11.9. The maximum atomic E-state index is 3.36. The average molecular weight is 372 g/mol. The van der Waals surface area contributed by atoms with Gasteiger partial charge in [-0.15, -0.1) is 0 Å². The fourth-order valence-electron chi connectivity index (χ4n) is 4.08. The first-order chi connectivity index (χ1) is 13.4. The molecule has 0 aliphatic rings.